The Morgan fingerprint density at radius 3 is 2.86 bits per heavy atom. The number of anilines is 1. The largest absolute Gasteiger partial charge is 0.392 e. The van der Waals surface area contributed by atoms with Crippen molar-refractivity contribution in [3.8, 4) is 10.6 Å². The summed E-state index contributed by atoms with van der Waals surface area (Å²) in [7, 11) is 0. The van der Waals surface area contributed by atoms with E-state index in [4.69, 9.17) is 11.6 Å². The summed E-state index contributed by atoms with van der Waals surface area (Å²) in [5.74, 6) is -0.214. The summed E-state index contributed by atoms with van der Waals surface area (Å²) >= 11 is 7.37. The van der Waals surface area contributed by atoms with Crippen LogP contribution in [0.5, 0.6) is 0 Å². The molecule has 0 spiro atoms. The minimum atomic E-state index is -0.478. The van der Waals surface area contributed by atoms with Crippen molar-refractivity contribution >= 4 is 46.4 Å². The van der Waals surface area contributed by atoms with E-state index in [0.29, 0.717) is 28.1 Å². The fourth-order valence-electron chi connectivity index (χ4n) is 2.13. The molecule has 1 saturated heterocycles. The van der Waals surface area contributed by atoms with Gasteiger partial charge in [-0.15, -0.1) is 22.6 Å². The van der Waals surface area contributed by atoms with E-state index in [1.807, 2.05) is 18.2 Å². The van der Waals surface area contributed by atoms with Crippen molar-refractivity contribution in [2.75, 3.05) is 11.9 Å². The summed E-state index contributed by atoms with van der Waals surface area (Å²) in [5.41, 5.74) is 0.784. The van der Waals surface area contributed by atoms with Crippen LogP contribution in [0.3, 0.4) is 0 Å². The molecule has 118 valence electrons. The Morgan fingerprint density at radius 1 is 1.41 bits per heavy atom. The highest BCUT2D eigenvalue weighted by Crippen LogP contribution is 2.31. The van der Waals surface area contributed by atoms with Gasteiger partial charge in [-0.2, -0.15) is 0 Å². The highest BCUT2D eigenvalue weighted by atomic mass is 35.5. The molecule has 0 unspecified atom stereocenters. The lowest BCUT2D eigenvalue weighted by atomic mass is 10.2. The minimum absolute atomic E-state index is 0. The number of rotatable bonds is 3. The van der Waals surface area contributed by atoms with E-state index in [9.17, 15) is 9.90 Å². The summed E-state index contributed by atoms with van der Waals surface area (Å²) in [4.78, 5) is 12.0. The number of aliphatic hydroxyl groups is 1. The first-order valence-corrected chi connectivity index (χ1v) is 7.63. The molecule has 1 fully saturated rings. The van der Waals surface area contributed by atoms with Crippen molar-refractivity contribution in [3.63, 3.8) is 0 Å². The lowest BCUT2D eigenvalue weighted by Crippen LogP contribution is -2.35. The predicted octanol–water partition coefficient (Wildman–Crippen LogP) is 1.94. The monoisotopic (exact) mass is 360 g/mol. The zero-order valence-corrected chi connectivity index (χ0v) is 13.7. The van der Waals surface area contributed by atoms with Gasteiger partial charge >= 0.3 is 0 Å². The second-order valence-corrected chi connectivity index (χ2v) is 6.12. The Labute approximate surface area is 142 Å². The third-order valence-corrected chi connectivity index (χ3v) is 4.39. The second-order valence-electron chi connectivity index (χ2n) is 4.73. The van der Waals surface area contributed by atoms with Crippen LogP contribution in [0.25, 0.3) is 10.6 Å². The number of carbonyl (C=O) groups excluding carboxylic acids is 1. The van der Waals surface area contributed by atoms with Crippen molar-refractivity contribution in [2.24, 2.45) is 0 Å². The number of amides is 1. The van der Waals surface area contributed by atoms with E-state index >= 15 is 0 Å². The Morgan fingerprint density at radius 2 is 2.18 bits per heavy atom. The van der Waals surface area contributed by atoms with E-state index in [2.05, 4.69) is 20.8 Å². The number of hydrogen-bond acceptors (Lipinski definition) is 6. The molecule has 1 aromatic heterocycles. The highest BCUT2D eigenvalue weighted by Gasteiger charge is 2.28. The van der Waals surface area contributed by atoms with Crippen LogP contribution in [-0.4, -0.2) is 39.9 Å². The molecule has 3 rings (SSSR count). The van der Waals surface area contributed by atoms with Crippen LogP contribution in [0.1, 0.15) is 6.42 Å². The van der Waals surface area contributed by atoms with Crippen LogP contribution in [0.2, 0.25) is 5.02 Å². The first kappa shape index (κ1) is 17.1. The summed E-state index contributed by atoms with van der Waals surface area (Å²) in [5, 5.41) is 24.7. The van der Waals surface area contributed by atoms with Crippen LogP contribution in [0.4, 0.5) is 5.13 Å². The topological polar surface area (TPSA) is 87.1 Å². The van der Waals surface area contributed by atoms with E-state index in [1.54, 1.807) is 6.07 Å². The lowest BCUT2D eigenvalue weighted by Gasteiger charge is -2.07. The van der Waals surface area contributed by atoms with E-state index in [-0.39, 0.29) is 18.3 Å². The number of aromatic nitrogens is 2. The minimum Gasteiger partial charge on any atom is -0.392 e. The van der Waals surface area contributed by atoms with Crippen molar-refractivity contribution in [1.29, 1.82) is 0 Å². The predicted molar refractivity (Wildman–Crippen MR) is 88.6 cm³/mol. The van der Waals surface area contributed by atoms with Gasteiger partial charge in [-0.1, -0.05) is 41.1 Å². The van der Waals surface area contributed by atoms with Gasteiger partial charge in [0.25, 0.3) is 0 Å². The Bertz CT molecular complexity index is 667. The summed E-state index contributed by atoms with van der Waals surface area (Å²) in [6, 6.07) is 6.94. The average Bonchev–Trinajstić information content (AvgIpc) is 3.08. The molecular weight excluding hydrogens is 347 g/mol. The fourth-order valence-corrected chi connectivity index (χ4v) is 3.19. The zero-order chi connectivity index (χ0) is 14.8. The average molecular weight is 361 g/mol. The standard InChI is InChI=1S/C13H13ClN4O2S.ClH/c14-9-4-2-1-3-8(9)12-17-18-13(21-12)16-11(20)10-5-7(19)6-15-10;/h1-4,7,10,15,19H,5-6H2,(H,16,18,20);1H/t7-,10-;/m1./s1. The number of benzene rings is 1. The maximum atomic E-state index is 12.0. The second kappa shape index (κ2) is 7.34. The van der Waals surface area contributed by atoms with Gasteiger partial charge < -0.3 is 10.4 Å². The van der Waals surface area contributed by atoms with Crippen LogP contribution >= 0.6 is 35.3 Å². The number of aliphatic hydroxyl groups excluding tert-OH is 1. The number of nitrogens with one attached hydrogen (secondary N) is 2. The van der Waals surface area contributed by atoms with Gasteiger partial charge in [0.15, 0.2) is 5.01 Å². The van der Waals surface area contributed by atoms with Gasteiger partial charge in [-0.05, 0) is 12.5 Å². The van der Waals surface area contributed by atoms with Crippen molar-refractivity contribution in [1.82, 2.24) is 15.5 Å². The number of hydrogen-bond donors (Lipinski definition) is 3. The highest BCUT2D eigenvalue weighted by molar-refractivity contribution is 7.18. The van der Waals surface area contributed by atoms with Gasteiger partial charge in [0, 0.05) is 12.1 Å². The number of carbonyl (C=O) groups is 1. The molecule has 1 aliphatic rings. The molecule has 0 aliphatic carbocycles. The van der Waals surface area contributed by atoms with Crippen molar-refractivity contribution < 1.29 is 9.90 Å². The van der Waals surface area contributed by atoms with Crippen LogP contribution in [0.15, 0.2) is 24.3 Å². The maximum Gasteiger partial charge on any atom is 0.243 e. The molecule has 22 heavy (non-hydrogen) atoms. The van der Waals surface area contributed by atoms with E-state index in [0.717, 1.165) is 5.56 Å². The molecule has 2 atom stereocenters. The molecule has 1 aromatic carbocycles. The molecule has 0 radical (unpaired) electrons. The SMILES string of the molecule is Cl.O=C(Nc1nnc(-c2ccccc2Cl)s1)[C@H]1C[C@@H](O)CN1. The molecule has 9 heteroatoms. The third kappa shape index (κ3) is 3.74. The van der Waals surface area contributed by atoms with Gasteiger partial charge in [-0.25, -0.2) is 0 Å². The van der Waals surface area contributed by atoms with Crippen LogP contribution < -0.4 is 10.6 Å². The zero-order valence-electron chi connectivity index (χ0n) is 11.3. The van der Waals surface area contributed by atoms with Gasteiger partial charge in [-0.3, -0.25) is 10.1 Å². The van der Waals surface area contributed by atoms with E-state index < -0.39 is 12.1 Å². The summed E-state index contributed by atoms with van der Waals surface area (Å²) in [6.45, 7) is 0.430. The van der Waals surface area contributed by atoms with Crippen molar-refractivity contribution in [2.45, 2.75) is 18.6 Å². The molecule has 1 aliphatic heterocycles. The molecule has 6 nitrogen and oxygen atoms in total. The van der Waals surface area contributed by atoms with Gasteiger partial charge in [0.05, 0.1) is 17.2 Å². The summed E-state index contributed by atoms with van der Waals surface area (Å²) in [6.07, 6.45) is -0.0731. The number of nitrogens with zero attached hydrogens (tertiary/aromatic N) is 2. The first-order valence-electron chi connectivity index (χ1n) is 6.44. The number of β-amino-alcohol motifs (C(OH)–C–C–N with tert-alkyl or cyclic N) is 1. The molecule has 0 saturated carbocycles. The molecule has 0 bridgehead atoms. The summed E-state index contributed by atoms with van der Waals surface area (Å²) < 4.78 is 0. The molecule has 1 amide bonds. The normalized spacial score (nSPS) is 20.5. The molecule has 3 N–H and O–H groups in total. The Balaban J connectivity index is 0.00000176. The van der Waals surface area contributed by atoms with Crippen LogP contribution in [0, 0.1) is 0 Å². The van der Waals surface area contributed by atoms with Crippen molar-refractivity contribution in [3.05, 3.63) is 29.3 Å². The first-order chi connectivity index (χ1) is 10.1. The van der Waals surface area contributed by atoms with E-state index in [1.165, 1.54) is 11.3 Å². The quantitative estimate of drug-likeness (QED) is 0.778. The molecule has 2 heterocycles. The number of halogens is 2. The fraction of sp³-hybridized carbons (Fsp3) is 0.308. The smallest absolute Gasteiger partial charge is 0.243 e. The Hall–Kier alpha value is -1.25. The lowest BCUT2D eigenvalue weighted by molar-refractivity contribution is -0.117. The molecular formula is C13H14Cl2N4O2S. The van der Waals surface area contributed by atoms with Crippen LogP contribution in [-0.2, 0) is 4.79 Å². The third-order valence-electron chi connectivity index (χ3n) is 3.18. The van der Waals surface area contributed by atoms with Gasteiger partial charge in [0.1, 0.15) is 0 Å². The Kier molecular flexibility index (Phi) is 5.71. The van der Waals surface area contributed by atoms with Gasteiger partial charge in [0.2, 0.25) is 11.0 Å². The maximum absolute atomic E-state index is 12.0. The molecule has 2 aromatic rings.